The van der Waals surface area contributed by atoms with Crippen molar-refractivity contribution in [1.29, 1.82) is 0 Å². The summed E-state index contributed by atoms with van der Waals surface area (Å²) in [4.78, 5) is 12.8. The van der Waals surface area contributed by atoms with Crippen LogP contribution in [0.4, 0.5) is 0 Å². The van der Waals surface area contributed by atoms with Gasteiger partial charge in [-0.3, -0.25) is 4.79 Å². The van der Waals surface area contributed by atoms with Crippen molar-refractivity contribution in [3.05, 3.63) is 4.60 Å². The van der Waals surface area contributed by atoms with Crippen molar-refractivity contribution < 1.29 is 13.2 Å². The van der Waals surface area contributed by atoms with Crippen LogP contribution in [0.15, 0.2) is 9.63 Å². The smallest absolute Gasteiger partial charge is 0.263 e. The Kier molecular flexibility index (Phi) is 4.46. The third-order valence-corrected chi connectivity index (χ3v) is 4.94. The first kappa shape index (κ1) is 15.1. The molecule has 0 aliphatic carbocycles. The second-order valence-electron chi connectivity index (χ2n) is 3.86. The Balaban J connectivity index is 3.05. The maximum atomic E-state index is 12.2. The van der Waals surface area contributed by atoms with Gasteiger partial charge in [0.1, 0.15) is 0 Å². The summed E-state index contributed by atoms with van der Waals surface area (Å²) in [6.07, 6.45) is 0. The predicted octanol–water partition coefficient (Wildman–Crippen LogP) is -0.714. The largest absolute Gasteiger partial charge is 0.348 e. The molecule has 1 aromatic heterocycles. The van der Waals surface area contributed by atoms with Gasteiger partial charge in [0.2, 0.25) is 10.9 Å². The molecule has 18 heavy (non-hydrogen) atoms. The van der Waals surface area contributed by atoms with Crippen molar-refractivity contribution in [1.82, 2.24) is 24.2 Å². The van der Waals surface area contributed by atoms with Gasteiger partial charge in [-0.2, -0.15) is 4.31 Å². The highest BCUT2D eigenvalue weighted by atomic mass is 79.9. The second kappa shape index (κ2) is 5.33. The van der Waals surface area contributed by atoms with E-state index in [-0.39, 0.29) is 22.1 Å². The molecule has 0 aromatic carbocycles. The maximum Gasteiger partial charge on any atom is 0.263 e. The number of hydrogen-bond donors (Lipinski definition) is 0. The van der Waals surface area contributed by atoms with E-state index in [9.17, 15) is 13.2 Å². The topological polar surface area (TPSA) is 88.4 Å². The SMILES string of the molecule is CN(C)C(=O)CN(C)S(=O)(=O)c1c(Br)nnn1C. The summed E-state index contributed by atoms with van der Waals surface area (Å²) >= 11 is 3.02. The van der Waals surface area contributed by atoms with Gasteiger partial charge in [-0.1, -0.05) is 5.21 Å². The molecule has 0 unspecified atom stereocenters. The summed E-state index contributed by atoms with van der Waals surface area (Å²) in [5.41, 5.74) is 0. The molecule has 0 saturated carbocycles. The average Bonchev–Trinajstić information content (AvgIpc) is 2.58. The fourth-order valence-electron chi connectivity index (χ4n) is 1.16. The molecule has 102 valence electrons. The molecule has 10 heteroatoms. The van der Waals surface area contributed by atoms with E-state index in [4.69, 9.17) is 0 Å². The van der Waals surface area contributed by atoms with Crippen LogP contribution in [0.2, 0.25) is 0 Å². The molecule has 0 saturated heterocycles. The standard InChI is InChI=1S/C8H14BrN5O3S/c1-12(2)6(15)5-13(3)18(16,17)8-7(9)10-11-14(8)4/h5H2,1-4H3. The Morgan fingerprint density at radius 3 is 2.33 bits per heavy atom. The Labute approximate surface area is 114 Å². The highest BCUT2D eigenvalue weighted by Gasteiger charge is 2.29. The molecule has 1 amide bonds. The lowest BCUT2D eigenvalue weighted by Gasteiger charge is -2.18. The molecule has 0 aliphatic heterocycles. The number of carbonyl (C=O) groups is 1. The Bertz CT molecular complexity index is 534. The van der Waals surface area contributed by atoms with Crippen molar-refractivity contribution in [3.8, 4) is 0 Å². The minimum atomic E-state index is -3.81. The highest BCUT2D eigenvalue weighted by Crippen LogP contribution is 2.20. The van der Waals surface area contributed by atoms with Gasteiger partial charge in [-0.15, -0.1) is 5.10 Å². The van der Waals surface area contributed by atoms with E-state index in [1.807, 2.05) is 0 Å². The summed E-state index contributed by atoms with van der Waals surface area (Å²) < 4.78 is 26.6. The number of rotatable bonds is 4. The van der Waals surface area contributed by atoms with Crippen molar-refractivity contribution >= 4 is 31.9 Å². The summed E-state index contributed by atoms with van der Waals surface area (Å²) in [5, 5.41) is 7.12. The Morgan fingerprint density at radius 1 is 1.39 bits per heavy atom. The zero-order valence-electron chi connectivity index (χ0n) is 10.5. The van der Waals surface area contributed by atoms with E-state index in [0.29, 0.717) is 0 Å². The van der Waals surface area contributed by atoms with Gasteiger partial charge in [0.15, 0.2) is 4.60 Å². The maximum absolute atomic E-state index is 12.2. The lowest BCUT2D eigenvalue weighted by Crippen LogP contribution is -2.38. The zero-order valence-corrected chi connectivity index (χ0v) is 12.9. The fourth-order valence-corrected chi connectivity index (χ4v) is 3.30. The van der Waals surface area contributed by atoms with Crippen molar-refractivity contribution in [2.45, 2.75) is 5.03 Å². The minimum Gasteiger partial charge on any atom is -0.348 e. The van der Waals surface area contributed by atoms with Crippen LogP contribution in [0.25, 0.3) is 0 Å². The van der Waals surface area contributed by atoms with E-state index >= 15 is 0 Å². The van der Waals surface area contributed by atoms with Crippen molar-refractivity contribution in [2.75, 3.05) is 27.7 Å². The predicted molar refractivity (Wildman–Crippen MR) is 67.2 cm³/mol. The first-order valence-corrected chi connectivity index (χ1v) is 7.13. The number of hydrogen-bond acceptors (Lipinski definition) is 5. The first-order valence-electron chi connectivity index (χ1n) is 4.89. The molecule has 0 spiro atoms. The highest BCUT2D eigenvalue weighted by molar-refractivity contribution is 9.10. The van der Waals surface area contributed by atoms with Crippen LogP contribution >= 0.6 is 15.9 Å². The van der Waals surface area contributed by atoms with E-state index in [1.165, 1.54) is 19.0 Å². The van der Waals surface area contributed by atoms with E-state index in [1.54, 1.807) is 14.1 Å². The van der Waals surface area contributed by atoms with E-state index < -0.39 is 10.0 Å². The number of likely N-dealkylation sites (N-methyl/N-ethyl adjacent to an activating group) is 2. The average molecular weight is 340 g/mol. The lowest BCUT2D eigenvalue weighted by molar-refractivity contribution is -0.128. The monoisotopic (exact) mass is 339 g/mol. The zero-order chi connectivity index (χ0) is 14.1. The van der Waals surface area contributed by atoms with Gasteiger partial charge in [0.05, 0.1) is 6.54 Å². The summed E-state index contributed by atoms with van der Waals surface area (Å²) in [6.45, 7) is -0.243. The van der Waals surface area contributed by atoms with Crippen LogP contribution in [0.1, 0.15) is 0 Å². The van der Waals surface area contributed by atoms with Crippen molar-refractivity contribution in [2.24, 2.45) is 7.05 Å². The molecule has 8 nitrogen and oxygen atoms in total. The number of nitrogens with zero attached hydrogens (tertiary/aromatic N) is 5. The summed E-state index contributed by atoms with van der Waals surface area (Å²) in [5.74, 6) is -0.313. The van der Waals surface area contributed by atoms with Crippen LogP contribution in [0.5, 0.6) is 0 Å². The molecule has 0 fully saturated rings. The molecule has 0 bridgehead atoms. The van der Waals surface area contributed by atoms with E-state index in [0.717, 1.165) is 8.99 Å². The lowest BCUT2D eigenvalue weighted by atomic mass is 10.5. The van der Waals surface area contributed by atoms with Gasteiger partial charge in [0, 0.05) is 28.2 Å². The number of sulfonamides is 1. The molecule has 1 aromatic rings. The molecular weight excluding hydrogens is 326 g/mol. The van der Waals surface area contributed by atoms with Crippen LogP contribution in [0.3, 0.4) is 0 Å². The molecule has 1 rings (SSSR count). The third-order valence-electron chi connectivity index (χ3n) is 2.25. The molecule has 0 N–H and O–H groups in total. The molecular formula is C8H14BrN5O3S. The number of aromatic nitrogens is 3. The van der Waals surface area contributed by atoms with Crippen LogP contribution < -0.4 is 0 Å². The second-order valence-corrected chi connectivity index (χ2v) is 6.57. The molecule has 0 atom stereocenters. The third kappa shape index (κ3) is 2.87. The first-order chi connectivity index (χ1) is 8.17. The molecule has 0 aliphatic rings. The van der Waals surface area contributed by atoms with Gasteiger partial charge < -0.3 is 4.90 Å². The minimum absolute atomic E-state index is 0.0865. The summed E-state index contributed by atoms with van der Waals surface area (Å²) in [6, 6.07) is 0. The van der Waals surface area contributed by atoms with Crippen LogP contribution in [-0.2, 0) is 21.9 Å². The van der Waals surface area contributed by atoms with Crippen LogP contribution in [0, 0.1) is 0 Å². The normalized spacial score (nSPS) is 11.9. The number of halogens is 1. The molecule has 1 heterocycles. The fraction of sp³-hybridized carbons (Fsp3) is 0.625. The van der Waals surface area contributed by atoms with Gasteiger partial charge in [-0.05, 0) is 15.9 Å². The summed E-state index contributed by atoms with van der Waals surface area (Å²) in [7, 11) is 2.11. The van der Waals surface area contributed by atoms with Gasteiger partial charge in [0.25, 0.3) is 10.0 Å². The van der Waals surface area contributed by atoms with Crippen molar-refractivity contribution in [3.63, 3.8) is 0 Å². The van der Waals surface area contributed by atoms with Crippen LogP contribution in [-0.4, -0.2) is 66.2 Å². The Morgan fingerprint density at radius 2 is 1.94 bits per heavy atom. The van der Waals surface area contributed by atoms with Gasteiger partial charge >= 0.3 is 0 Å². The van der Waals surface area contributed by atoms with E-state index in [2.05, 4.69) is 26.2 Å². The number of aryl methyl sites for hydroxylation is 1. The van der Waals surface area contributed by atoms with Gasteiger partial charge in [-0.25, -0.2) is 13.1 Å². The number of carbonyl (C=O) groups excluding carboxylic acids is 1. The number of amides is 1. The molecule has 0 radical (unpaired) electrons. The Hall–Kier alpha value is -1.00. The quantitative estimate of drug-likeness (QED) is 0.722.